The van der Waals surface area contributed by atoms with E-state index in [1.807, 2.05) is 32.0 Å². The Bertz CT molecular complexity index is 798. The van der Waals surface area contributed by atoms with Gasteiger partial charge in [0.2, 0.25) is 5.91 Å². The number of carbonyl (C=O) groups is 3. The Balaban J connectivity index is 1.89. The number of Topliss-reactive ketones (excluding diaryl/α,β-unsaturated/α-hetero) is 1. The van der Waals surface area contributed by atoms with Gasteiger partial charge in [0, 0.05) is 29.8 Å². The topological polar surface area (TPSA) is 101 Å². The largest absolute Gasteiger partial charge is 0.351 e. The maximum atomic E-state index is 12.3. The van der Waals surface area contributed by atoms with Crippen LogP contribution in [0.15, 0.2) is 42.5 Å². The van der Waals surface area contributed by atoms with Crippen LogP contribution in [0.25, 0.3) is 0 Å². The second-order valence-electron chi connectivity index (χ2n) is 5.86. The predicted molar refractivity (Wildman–Crippen MR) is 97.8 cm³/mol. The molecule has 0 radical (unpaired) electrons. The smallest absolute Gasteiger partial charge is 0.316 e. The van der Waals surface area contributed by atoms with Crippen molar-refractivity contribution in [2.75, 3.05) is 10.6 Å². The summed E-state index contributed by atoms with van der Waals surface area (Å²) in [6, 6.07) is 11.6. The van der Waals surface area contributed by atoms with Crippen LogP contribution in [-0.2, 0) is 4.79 Å². The number of nitrogens with one attached hydrogen (secondary N) is 2. The van der Waals surface area contributed by atoms with Crippen LogP contribution in [-0.4, -0.2) is 17.7 Å². The fourth-order valence-corrected chi connectivity index (χ4v) is 2.40. The van der Waals surface area contributed by atoms with Crippen LogP contribution in [0.2, 0.25) is 0 Å². The number of hydrogen-bond donors (Lipinski definition) is 3. The summed E-state index contributed by atoms with van der Waals surface area (Å²) in [5.41, 5.74) is 8.74. The van der Waals surface area contributed by atoms with Gasteiger partial charge < -0.3 is 16.4 Å². The molecule has 0 aliphatic rings. The number of carbonyl (C=O) groups excluding carboxylic acids is 3. The Hall–Kier alpha value is -3.15. The zero-order chi connectivity index (χ0) is 18.4. The third-order valence-electron chi connectivity index (χ3n) is 3.71. The van der Waals surface area contributed by atoms with E-state index in [1.54, 1.807) is 24.3 Å². The van der Waals surface area contributed by atoms with Crippen LogP contribution < -0.4 is 16.4 Å². The van der Waals surface area contributed by atoms with Gasteiger partial charge in [0.05, 0.1) is 0 Å². The van der Waals surface area contributed by atoms with Crippen LogP contribution in [0.5, 0.6) is 0 Å². The van der Waals surface area contributed by atoms with Crippen LogP contribution in [0.3, 0.4) is 0 Å². The Morgan fingerprint density at radius 1 is 0.880 bits per heavy atom. The Labute approximate surface area is 146 Å². The molecule has 0 aliphatic heterocycles. The van der Waals surface area contributed by atoms with Gasteiger partial charge in [-0.05, 0) is 49.7 Å². The summed E-state index contributed by atoms with van der Waals surface area (Å²) in [5.74, 6) is -0.286. The second-order valence-corrected chi connectivity index (χ2v) is 5.86. The molecule has 2 aromatic rings. The number of hydrogen-bond acceptors (Lipinski definition) is 3. The lowest BCUT2D eigenvalue weighted by atomic mass is 9.99. The van der Waals surface area contributed by atoms with Gasteiger partial charge in [0.1, 0.15) is 0 Å². The number of aryl methyl sites for hydroxylation is 2. The highest BCUT2D eigenvalue weighted by Gasteiger charge is 2.12. The molecule has 0 fully saturated rings. The average molecular weight is 339 g/mol. The summed E-state index contributed by atoms with van der Waals surface area (Å²) in [4.78, 5) is 35.1. The van der Waals surface area contributed by atoms with Crippen molar-refractivity contribution in [2.45, 2.75) is 26.7 Å². The molecule has 0 saturated heterocycles. The van der Waals surface area contributed by atoms with Gasteiger partial charge in [-0.15, -0.1) is 0 Å². The Morgan fingerprint density at radius 3 is 2.08 bits per heavy atom. The fraction of sp³-hybridized carbons (Fsp3) is 0.211. The monoisotopic (exact) mass is 339 g/mol. The summed E-state index contributed by atoms with van der Waals surface area (Å²) in [7, 11) is 0. The third kappa shape index (κ3) is 5.46. The van der Waals surface area contributed by atoms with Gasteiger partial charge in [-0.2, -0.15) is 0 Å². The minimum absolute atomic E-state index is 0.0441. The molecule has 6 nitrogen and oxygen atoms in total. The lowest BCUT2D eigenvalue weighted by Gasteiger charge is -2.08. The third-order valence-corrected chi connectivity index (χ3v) is 3.71. The van der Waals surface area contributed by atoms with E-state index in [0.29, 0.717) is 16.9 Å². The Morgan fingerprint density at radius 2 is 1.48 bits per heavy atom. The minimum Gasteiger partial charge on any atom is -0.351 e. The number of benzene rings is 2. The van der Waals surface area contributed by atoms with Crippen molar-refractivity contribution in [3.8, 4) is 0 Å². The molecule has 0 aromatic heterocycles. The van der Waals surface area contributed by atoms with Crippen molar-refractivity contribution in [2.24, 2.45) is 5.73 Å². The van der Waals surface area contributed by atoms with Crippen molar-refractivity contribution in [1.29, 1.82) is 0 Å². The van der Waals surface area contributed by atoms with E-state index in [0.717, 1.165) is 11.1 Å². The molecule has 0 unspecified atom stereocenters. The molecule has 2 aromatic carbocycles. The van der Waals surface area contributed by atoms with Crippen molar-refractivity contribution >= 4 is 29.1 Å². The normalized spacial score (nSPS) is 10.2. The predicted octanol–water partition coefficient (Wildman–Crippen LogP) is 3.40. The van der Waals surface area contributed by atoms with E-state index in [-0.39, 0.29) is 24.5 Å². The van der Waals surface area contributed by atoms with Gasteiger partial charge >= 0.3 is 6.03 Å². The van der Waals surface area contributed by atoms with Gasteiger partial charge in [-0.3, -0.25) is 9.59 Å². The van der Waals surface area contributed by atoms with Gasteiger partial charge in [-0.25, -0.2) is 4.79 Å². The van der Waals surface area contributed by atoms with Crippen molar-refractivity contribution < 1.29 is 14.4 Å². The first kappa shape index (κ1) is 18.2. The van der Waals surface area contributed by atoms with Gasteiger partial charge in [0.25, 0.3) is 0 Å². The highest BCUT2D eigenvalue weighted by Crippen LogP contribution is 2.16. The average Bonchev–Trinajstić information content (AvgIpc) is 2.56. The number of rotatable bonds is 6. The molecule has 25 heavy (non-hydrogen) atoms. The SMILES string of the molecule is Cc1ccc(C)c(C(=O)CCC(=O)Nc2ccc(NC(N)=O)cc2)c1. The number of urea groups is 1. The van der Waals surface area contributed by atoms with Crippen molar-refractivity contribution in [3.05, 3.63) is 59.2 Å². The number of nitrogens with two attached hydrogens (primary N) is 1. The van der Waals surface area contributed by atoms with Crippen LogP contribution in [0.4, 0.5) is 16.2 Å². The molecular weight excluding hydrogens is 318 g/mol. The summed E-state index contributed by atoms with van der Waals surface area (Å²) >= 11 is 0. The Kier molecular flexibility index (Phi) is 5.89. The molecule has 130 valence electrons. The molecule has 0 saturated carbocycles. The summed E-state index contributed by atoms with van der Waals surface area (Å²) < 4.78 is 0. The highest BCUT2D eigenvalue weighted by atomic mass is 16.2. The van der Waals surface area contributed by atoms with E-state index in [9.17, 15) is 14.4 Å². The molecule has 0 heterocycles. The first-order chi connectivity index (χ1) is 11.8. The molecule has 3 amide bonds. The van der Waals surface area contributed by atoms with Crippen molar-refractivity contribution in [1.82, 2.24) is 0 Å². The minimum atomic E-state index is -0.651. The zero-order valence-corrected chi connectivity index (χ0v) is 14.3. The molecule has 0 spiro atoms. The van der Waals surface area contributed by atoms with Gasteiger partial charge in [0.15, 0.2) is 5.78 Å². The lowest BCUT2D eigenvalue weighted by Crippen LogP contribution is -2.19. The first-order valence-electron chi connectivity index (χ1n) is 7.92. The fourth-order valence-electron chi connectivity index (χ4n) is 2.40. The zero-order valence-electron chi connectivity index (χ0n) is 14.3. The van der Waals surface area contributed by atoms with E-state index >= 15 is 0 Å². The molecular formula is C19H21N3O3. The first-order valence-corrected chi connectivity index (χ1v) is 7.92. The molecule has 2 rings (SSSR count). The van der Waals surface area contributed by atoms with E-state index in [1.165, 1.54) is 0 Å². The van der Waals surface area contributed by atoms with E-state index < -0.39 is 6.03 Å². The molecule has 0 bridgehead atoms. The van der Waals surface area contributed by atoms with E-state index in [4.69, 9.17) is 5.73 Å². The highest BCUT2D eigenvalue weighted by molar-refractivity contribution is 6.01. The maximum absolute atomic E-state index is 12.3. The summed E-state index contributed by atoms with van der Waals surface area (Å²) in [6.45, 7) is 3.81. The maximum Gasteiger partial charge on any atom is 0.316 e. The number of anilines is 2. The molecule has 0 aliphatic carbocycles. The number of ketones is 1. The molecule has 4 N–H and O–H groups in total. The lowest BCUT2D eigenvalue weighted by molar-refractivity contribution is -0.116. The quantitative estimate of drug-likeness (QED) is 0.703. The van der Waals surface area contributed by atoms with E-state index in [2.05, 4.69) is 10.6 Å². The number of amides is 3. The molecule has 6 heteroatoms. The standard InChI is InChI=1S/C19H21N3O3/c1-12-3-4-13(2)16(11-12)17(23)9-10-18(24)21-14-5-7-15(8-6-14)22-19(20)25/h3-8,11H,9-10H2,1-2H3,(H,21,24)(H3,20,22,25). The summed E-state index contributed by atoms with van der Waals surface area (Å²) in [5, 5.41) is 5.16. The van der Waals surface area contributed by atoms with Crippen LogP contribution >= 0.6 is 0 Å². The molecule has 0 atom stereocenters. The van der Waals surface area contributed by atoms with Crippen molar-refractivity contribution in [3.63, 3.8) is 0 Å². The number of primary amides is 1. The van der Waals surface area contributed by atoms with Gasteiger partial charge in [-0.1, -0.05) is 17.7 Å². The summed E-state index contributed by atoms with van der Waals surface area (Å²) in [6.07, 6.45) is 0.255. The van der Waals surface area contributed by atoms with Crippen LogP contribution in [0, 0.1) is 13.8 Å². The van der Waals surface area contributed by atoms with Crippen LogP contribution in [0.1, 0.15) is 34.3 Å². The second kappa shape index (κ2) is 8.10.